The van der Waals surface area contributed by atoms with Crippen molar-refractivity contribution in [3.63, 3.8) is 0 Å². The molecule has 0 aliphatic rings. The van der Waals surface area contributed by atoms with Crippen LogP contribution in [0.3, 0.4) is 0 Å². The Hall–Kier alpha value is -2.58. The molecule has 0 saturated heterocycles. The van der Waals surface area contributed by atoms with Crippen molar-refractivity contribution in [3.05, 3.63) is 70.3 Å². The molecule has 0 atom stereocenters. The second kappa shape index (κ2) is 8.90. The van der Waals surface area contributed by atoms with Gasteiger partial charge < -0.3 is 0 Å². The lowest BCUT2D eigenvalue weighted by molar-refractivity contribution is 0.0993. The Bertz CT molecular complexity index is 813. The fourth-order valence-electron chi connectivity index (χ4n) is 1.79. The summed E-state index contributed by atoms with van der Waals surface area (Å²) < 4.78 is 25.9. The van der Waals surface area contributed by atoms with Crippen LogP contribution in [0, 0.1) is 36.8 Å². The Morgan fingerprint density at radius 2 is 1.46 bits per heavy atom. The van der Waals surface area contributed by atoms with Gasteiger partial charge in [-0.25, -0.2) is 8.78 Å². The highest BCUT2D eigenvalue weighted by molar-refractivity contribution is 6.67. The van der Waals surface area contributed by atoms with Crippen molar-refractivity contribution in [2.45, 2.75) is 20.3 Å². The molecule has 0 radical (unpaired) electrons. The summed E-state index contributed by atoms with van der Waals surface area (Å²) in [7, 11) is 0. The minimum absolute atomic E-state index is 0.00727. The van der Waals surface area contributed by atoms with E-state index in [1.54, 1.807) is 32.0 Å². The largest absolute Gasteiger partial charge is 0.293 e. The molecule has 0 unspecified atom stereocenters. The minimum Gasteiger partial charge on any atom is -0.293 e. The van der Waals surface area contributed by atoms with E-state index in [1.165, 1.54) is 24.3 Å². The lowest BCUT2D eigenvalue weighted by atomic mass is 10.1. The van der Waals surface area contributed by atoms with Crippen LogP contribution in [-0.2, 0) is 0 Å². The van der Waals surface area contributed by atoms with Gasteiger partial charge in [0, 0.05) is 0 Å². The van der Waals surface area contributed by atoms with Crippen LogP contribution in [0.1, 0.15) is 38.3 Å². The molecule has 124 valence electrons. The zero-order valence-corrected chi connectivity index (χ0v) is 13.8. The first-order valence-electron chi connectivity index (χ1n) is 6.88. The van der Waals surface area contributed by atoms with E-state index in [9.17, 15) is 18.4 Å². The van der Waals surface area contributed by atoms with E-state index in [1.807, 2.05) is 0 Å². The first-order valence-corrected chi connectivity index (χ1v) is 7.26. The second-order valence-corrected chi connectivity index (χ2v) is 5.34. The molecule has 0 bridgehead atoms. The van der Waals surface area contributed by atoms with Crippen molar-refractivity contribution in [3.8, 4) is 6.07 Å². The number of ketones is 1. The van der Waals surface area contributed by atoms with Crippen LogP contribution in [-0.4, -0.2) is 11.0 Å². The lowest BCUT2D eigenvalue weighted by Crippen LogP contribution is -2.01. The highest BCUT2D eigenvalue weighted by Crippen LogP contribution is 2.12. The normalized spacial score (nSPS) is 9.50. The van der Waals surface area contributed by atoms with Gasteiger partial charge in [0.2, 0.25) is 0 Å². The molecule has 0 aliphatic heterocycles. The number of carbonyl (C=O) groups excluding carboxylic acids is 2. The number of rotatable bonds is 3. The van der Waals surface area contributed by atoms with Crippen molar-refractivity contribution < 1.29 is 18.4 Å². The number of hydrogen-bond donors (Lipinski definition) is 0. The van der Waals surface area contributed by atoms with Gasteiger partial charge in [0.15, 0.2) is 5.78 Å². The molecule has 0 aliphatic carbocycles. The van der Waals surface area contributed by atoms with Gasteiger partial charge in [-0.15, -0.1) is 0 Å². The van der Waals surface area contributed by atoms with E-state index in [0.29, 0.717) is 0 Å². The Kier molecular flexibility index (Phi) is 7.22. The summed E-state index contributed by atoms with van der Waals surface area (Å²) in [5, 5.41) is 7.49. The highest BCUT2D eigenvalue weighted by atomic mass is 35.5. The molecular weight excluding hydrogens is 336 g/mol. The number of halogens is 3. The topological polar surface area (TPSA) is 57.9 Å². The van der Waals surface area contributed by atoms with Crippen molar-refractivity contribution >= 4 is 22.6 Å². The Morgan fingerprint density at radius 3 is 1.83 bits per heavy atom. The van der Waals surface area contributed by atoms with Crippen LogP contribution in [0.2, 0.25) is 0 Å². The maximum absolute atomic E-state index is 13.1. The number of nitrogens with zero attached hydrogens (tertiary/aromatic N) is 1. The number of carbonyl (C=O) groups is 2. The monoisotopic (exact) mass is 349 g/mol. The molecule has 24 heavy (non-hydrogen) atoms. The lowest BCUT2D eigenvalue weighted by Gasteiger charge is -1.99. The Labute approximate surface area is 143 Å². The predicted molar refractivity (Wildman–Crippen MR) is 87.0 cm³/mol. The molecular formula is C18H14ClF2NO2. The third kappa shape index (κ3) is 5.56. The van der Waals surface area contributed by atoms with Gasteiger partial charge in [-0.1, -0.05) is 12.1 Å². The van der Waals surface area contributed by atoms with E-state index >= 15 is 0 Å². The smallest absolute Gasteiger partial charge is 0.255 e. The van der Waals surface area contributed by atoms with Crippen LogP contribution >= 0.6 is 11.6 Å². The molecule has 0 saturated carbocycles. The van der Waals surface area contributed by atoms with Crippen LogP contribution in [0.25, 0.3) is 0 Å². The standard InChI is InChI=1S/C10H8FNO.C8H6ClFO/c1-7-2-3-8(9(11)6-7)10(13)4-5-12;1-5-2-3-6(8(9)11)7(10)4-5/h2-3,6H,4H2,1H3;2-4H,1H3. The molecule has 6 heteroatoms. The van der Waals surface area contributed by atoms with Crippen molar-refractivity contribution in [2.24, 2.45) is 0 Å². The maximum Gasteiger partial charge on any atom is 0.255 e. The number of Topliss-reactive ketones (excluding diaryl/α,β-unsaturated/α-hetero) is 1. The fraction of sp³-hybridized carbons (Fsp3) is 0.167. The van der Waals surface area contributed by atoms with Crippen LogP contribution in [0.5, 0.6) is 0 Å². The van der Waals surface area contributed by atoms with E-state index < -0.39 is 22.7 Å². The molecule has 0 fully saturated rings. The molecule has 2 aromatic rings. The Morgan fingerprint density at radius 1 is 1.00 bits per heavy atom. The average molecular weight is 350 g/mol. The summed E-state index contributed by atoms with van der Waals surface area (Å²) in [6.45, 7) is 3.48. The molecule has 3 nitrogen and oxygen atoms in total. The summed E-state index contributed by atoms with van der Waals surface area (Å²) >= 11 is 5.08. The number of benzene rings is 2. The first kappa shape index (κ1) is 19.5. The van der Waals surface area contributed by atoms with Crippen LogP contribution in [0.4, 0.5) is 8.78 Å². The fourth-order valence-corrected chi connectivity index (χ4v) is 1.95. The molecule has 0 N–H and O–H groups in total. The number of aryl methyl sites for hydroxylation is 2. The van der Waals surface area contributed by atoms with Crippen LogP contribution < -0.4 is 0 Å². The molecule has 0 spiro atoms. The van der Waals surface area contributed by atoms with Crippen molar-refractivity contribution in [2.75, 3.05) is 0 Å². The number of nitriles is 1. The molecule has 0 aromatic heterocycles. The van der Waals surface area contributed by atoms with Gasteiger partial charge in [0.25, 0.3) is 5.24 Å². The molecule has 0 heterocycles. The summed E-state index contributed by atoms with van der Waals surface area (Å²) in [6, 6.07) is 10.3. The summed E-state index contributed by atoms with van der Waals surface area (Å²) in [4.78, 5) is 21.6. The zero-order valence-electron chi connectivity index (χ0n) is 13.1. The van der Waals surface area contributed by atoms with Crippen LogP contribution in [0.15, 0.2) is 36.4 Å². The van der Waals surface area contributed by atoms with Gasteiger partial charge in [-0.3, -0.25) is 9.59 Å². The maximum atomic E-state index is 13.1. The van der Waals surface area contributed by atoms with Crippen molar-refractivity contribution in [1.29, 1.82) is 5.26 Å². The van der Waals surface area contributed by atoms with Gasteiger partial charge >= 0.3 is 0 Å². The van der Waals surface area contributed by atoms with E-state index in [-0.39, 0.29) is 17.5 Å². The number of hydrogen-bond acceptors (Lipinski definition) is 3. The zero-order chi connectivity index (χ0) is 18.3. The Balaban J connectivity index is 0.000000243. The summed E-state index contributed by atoms with van der Waals surface area (Å²) in [6.07, 6.45) is -0.278. The summed E-state index contributed by atoms with van der Waals surface area (Å²) in [5.41, 5.74) is 1.44. The molecule has 2 rings (SSSR count). The second-order valence-electron chi connectivity index (χ2n) is 5.00. The third-order valence-corrected chi connectivity index (χ3v) is 3.20. The average Bonchev–Trinajstić information content (AvgIpc) is 2.47. The predicted octanol–water partition coefficient (Wildman–Crippen LogP) is 4.74. The SMILES string of the molecule is Cc1ccc(C(=O)CC#N)c(F)c1.Cc1ccc(C(=O)Cl)c(F)c1. The first-order chi connectivity index (χ1) is 11.3. The van der Waals surface area contributed by atoms with Gasteiger partial charge in [-0.05, 0) is 60.8 Å². The molecule has 0 amide bonds. The quantitative estimate of drug-likeness (QED) is 0.593. The van der Waals surface area contributed by atoms with Gasteiger partial charge in [-0.2, -0.15) is 5.26 Å². The van der Waals surface area contributed by atoms with E-state index in [4.69, 9.17) is 16.9 Å². The minimum atomic E-state index is -0.762. The summed E-state index contributed by atoms with van der Waals surface area (Å²) in [5.74, 6) is -1.59. The van der Waals surface area contributed by atoms with Crippen molar-refractivity contribution in [1.82, 2.24) is 0 Å². The third-order valence-electron chi connectivity index (χ3n) is 3.00. The van der Waals surface area contributed by atoms with E-state index in [0.717, 1.165) is 11.1 Å². The van der Waals surface area contributed by atoms with E-state index in [2.05, 4.69) is 0 Å². The molecule has 2 aromatic carbocycles. The highest BCUT2D eigenvalue weighted by Gasteiger charge is 2.10. The van der Waals surface area contributed by atoms with Gasteiger partial charge in [0.1, 0.15) is 11.6 Å². The van der Waals surface area contributed by atoms with Gasteiger partial charge in [0.05, 0.1) is 23.6 Å².